The predicted molar refractivity (Wildman–Crippen MR) is 83.5 cm³/mol. The van der Waals surface area contributed by atoms with Gasteiger partial charge in [-0.1, -0.05) is 17.7 Å². The van der Waals surface area contributed by atoms with E-state index in [-0.39, 0.29) is 18.2 Å². The van der Waals surface area contributed by atoms with Crippen molar-refractivity contribution < 1.29 is 19.4 Å². The van der Waals surface area contributed by atoms with E-state index >= 15 is 0 Å². The molecule has 1 atom stereocenters. The van der Waals surface area contributed by atoms with Crippen molar-refractivity contribution in [3.8, 4) is 5.75 Å². The standard InChI is InChI=1S/C16H20ClNO4/c1-22-13-6-2-5-12(17)15(13)16(21)18-9-3-4-11(10-18)7-8-14(19)20/h2,5-6,11H,3-4,7-10H2,1H3,(H,19,20). The number of aliphatic carboxylic acids is 1. The van der Waals surface area contributed by atoms with Gasteiger partial charge in [0.05, 0.1) is 12.1 Å². The van der Waals surface area contributed by atoms with Crippen LogP contribution in [0.4, 0.5) is 0 Å². The summed E-state index contributed by atoms with van der Waals surface area (Å²) in [6.45, 7) is 1.23. The zero-order valence-electron chi connectivity index (χ0n) is 12.5. The molecular formula is C16H20ClNO4. The van der Waals surface area contributed by atoms with Crippen LogP contribution in [0.1, 0.15) is 36.0 Å². The number of hydrogen-bond donors (Lipinski definition) is 1. The van der Waals surface area contributed by atoms with Crippen LogP contribution >= 0.6 is 11.6 Å². The van der Waals surface area contributed by atoms with Crippen molar-refractivity contribution in [1.29, 1.82) is 0 Å². The number of benzene rings is 1. The first-order chi connectivity index (χ1) is 10.5. The molecule has 0 radical (unpaired) electrons. The lowest BCUT2D eigenvalue weighted by Crippen LogP contribution is -2.40. The van der Waals surface area contributed by atoms with Crippen LogP contribution in [0.15, 0.2) is 18.2 Å². The molecule has 120 valence electrons. The molecule has 1 fully saturated rings. The van der Waals surface area contributed by atoms with Crippen molar-refractivity contribution in [2.24, 2.45) is 5.92 Å². The molecule has 1 aromatic carbocycles. The van der Waals surface area contributed by atoms with Crippen LogP contribution in [0.2, 0.25) is 5.02 Å². The van der Waals surface area contributed by atoms with Gasteiger partial charge in [-0.25, -0.2) is 0 Å². The lowest BCUT2D eigenvalue weighted by atomic mass is 9.93. The van der Waals surface area contributed by atoms with Gasteiger partial charge in [0.25, 0.3) is 5.91 Å². The van der Waals surface area contributed by atoms with E-state index in [1.807, 2.05) is 0 Å². The number of piperidine rings is 1. The van der Waals surface area contributed by atoms with Crippen LogP contribution in [0, 0.1) is 5.92 Å². The van der Waals surface area contributed by atoms with Crippen molar-refractivity contribution in [1.82, 2.24) is 4.90 Å². The number of likely N-dealkylation sites (tertiary alicyclic amines) is 1. The molecule has 1 amide bonds. The number of nitrogens with zero attached hydrogens (tertiary/aromatic N) is 1. The molecular weight excluding hydrogens is 306 g/mol. The Hall–Kier alpha value is -1.75. The molecule has 1 N–H and O–H groups in total. The van der Waals surface area contributed by atoms with E-state index in [1.165, 1.54) is 7.11 Å². The van der Waals surface area contributed by atoms with Gasteiger partial charge in [-0.15, -0.1) is 0 Å². The van der Waals surface area contributed by atoms with Crippen molar-refractivity contribution in [3.63, 3.8) is 0 Å². The smallest absolute Gasteiger partial charge is 0.303 e. The third-order valence-corrected chi connectivity index (χ3v) is 4.30. The van der Waals surface area contributed by atoms with Gasteiger partial charge >= 0.3 is 5.97 Å². The molecule has 1 aliphatic rings. The number of halogens is 1. The minimum absolute atomic E-state index is 0.141. The molecule has 0 aromatic heterocycles. The number of amides is 1. The van der Waals surface area contributed by atoms with Gasteiger partial charge in [0.15, 0.2) is 0 Å². The molecule has 0 saturated carbocycles. The van der Waals surface area contributed by atoms with E-state index in [9.17, 15) is 9.59 Å². The van der Waals surface area contributed by atoms with Gasteiger partial charge in [0.1, 0.15) is 11.3 Å². The van der Waals surface area contributed by atoms with Crippen molar-refractivity contribution >= 4 is 23.5 Å². The lowest BCUT2D eigenvalue weighted by Gasteiger charge is -2.33. The van der Waals surface area contributed by atoms with Crippen molar-refractivity contribution in [2.45, 2.75) is 25.7 Å². The van der Waals surface area contributed by atoms with Crippen LogP contribution < -0.4 is 4.74 Å². The second kappa shape index (κ2) is 7.49. The van der Waals surface area contributed by atoms with E-state index in [0.29, 0.717) is 35.8 Å². The van der Waals surface area contributed by atoms with Gasteiger partial charge in [0.2, 0.25) is 0 Å². The van der Waals surface area contributed by atoms with Gasteiger partial charge in [-0.2, -0.15) is 0 Å². The molecule has 0 bridgehead atoms. The summed E-state index contributed by atoms with van der Waals surface area (Å²) in [5, 5.41) is 9.16. The molecule has 5 nitrogen and oxygen atoms in total. The number of ether oxygens (including phenoxy) is 1. The quantitative estimate of drug-likeness (QED) is 0.903. The number of carboxylic acids is 1. The molecule has 1 unspecified atom stereocenters. The summed E-state index contributed by atoms with van der Waals surface area (Å²) in [5.41, 5.74) is 0.380. The largest absolute Gasteiger partial charge is 0.496 e. The minimum atomic E-state index is -0.795. The van der Waals surface area contributed by atoms with Gasteiger partial charge in [-0.3, -0.25) is 9.59 Å². The van der Waals surface area contributed by atoms with Crippen molar-refractivity contribution in [2.75, 3.05) is 20.2 Å². The van der Waals surface area contributed by atoms with Crippen LogP contribution in [-0.4, -0.2) is 42.1 Å². The van der Waals surface area contributed by atoms with Crippen LogP contribution in [-0.2, 0) is 4.79 Å². The number of hydrogen-bond acceptors (Lipinski definition) is 3. The molecule has 22 heavy (non-hydrogen) atoms. The first-order valence-corrected chi connectivity index (χ1v) is 7.74. The zero-order chi connectivity index (χ0) is 16.1. The monoisotopic (exact) mass is 325 g/mol. The maximum atomic E-state index is 12.7. The third kappa shape index (κ3) is 3.91. The fourth-order valence-electron chi connectivity index (χ4n) is 2.85. The number of methoxy groups -OCH3 is 1. The van der Waals surface area contributed by atoms with Gasteiger partial charge in [0, 0.05) is 19.5 Å². The highest BCUT2D eigenvalue weighted by Gasteiger charge is 2.27. The summed E-state index contributed by atoms with van der Waals surface area (Å²) in [5.74, 6) is -0.258. The summed E-state index contributed by atoms with van der Waals surface area (Å²) in [7, 11) is 1.51. The Morgan fingerprint density at radius 3 is 2.91 bits per heavy atom. The molecule has 2 rings (SSSR count). The van der Waals surface area contributed by atoms with E-state index < -0.39 is 5.97 Å². The Morgan fingerprint density at radius 2 is 2.23 bits per heavy atom. The highest BCUT2D eigenvalue weighted by molar-refractivity contribution is 6.34. The second-order valence-corrected chi connectivity index (χ2v) is 5.92. The summed E-state index contributed by atoms with van der Waals surface area (Å²) >= 11 is 6.16. The van der Waals surface area contributed by atoms with E-state index in [1.54, 1.807) is 23.1 Å². The first-order valence-electron chi connectivity index (χ1n) is 7.36. The molecule has 6 heteroatoms. The Kier molecular flexibility index (Phi) is 5.66. The fraction of sp³-hybridized carbons (Fsp3) is 0.500. The zero-order valence-corrected chi connectivity index (χ0v) is 13.3. The van der Waals surface area contributed by atoms with Crippen LogP contribution in [0.25, 0.3) is 0 Å². The highest BCUT2D eigenvalue weighted by atomic mass is 35.5. The molecule has 1 aromatic rings. The molecule has 0 spiro atoms. The molecule has 1 aliphatic heterocycles. The SMILES string of the molecule is COc1cccc(Cl)c1C(=O)N1CCCC(CCC(=O)O)C1. The van der Waals surface area contributed by atoms with Crippen LogP contribution in [0.5, 0.6) is 5.75 Å². The Labute approximate surface area is 134 Å². The summed E-state index contributed by atoms with van der Waals surface area (Å²) in [6, 6.07) is 5.12. The molecule has 1 heterocycles. The number of carbonyl (C=O) groups excluding carboxylic acids is 1. The van der Waals surface area contributed by atoms with E-state index in [4.69, 9.17) is 21.4 Å². The average molecular weight is 326 g/mol. The average Bonchev–Trinajstić information content (AvgIpc) is 2.52. The van der Waals surface area contributed by atoms with Crippen LogP contribution in [0.3, 0.4) is 0 Å². The summed E-state index contributed by atoms with van der Waals surface area (Å²) in [4.78, 5) is 25.2. The molecule has 1 saturated heterocycles. The highest BCUT2D eigenvalue weighted by Crippen LogP contribution is 2.30. The van der Waals surface area contributed by atoms with Gasteiger partial charge in [-0.05, 0) is 37.3 Å². The summed E-state index contributed by atoms with van der Waals surface area (Å²) in [6.07, 6.45) is 2.57. The Bertz CT molecular complexity index is 561. The number of carboxylic acid groups (broad SMARTS) is 1. The molecule has 0 aliphatic carbocycles. The minimum Gasteiger partial charge on any atom is -0.496 e. The van der Waals surface area contributed by atoms with Gasteiger partial charge < -0.3 is 14.7 Å². The predicted octanol–water partition coefficient (Wildman–Crippen LogP) is 3.07. The number of carbonyl (C=O) groups is 2. The first kappa shape index (κ1) is 16.6. The second-order valence-electron chi connectivity index (χ2n) is 5.51. The topological polar surface area (TPSA) is 66.8 Å². The third-order valence-electron chi connectivity index (χ3n) is 3.98. The normalized spacial score (nSPS) is 18.1. The van der Waals surface area contributed by atoms with E-state index in [0.717, 1.165) is 12.8 Å². The Morgan fingerprint density at radius 1 is 1.45 bits per heavy atom. The summed E-state index contributed by atoms with van der Waals surface area (Å²) < 4.78 is 5.23. The maximum Gasteiger partial charge on any atom is 0.303 e. The maximum absolute atomic E-state index is 12.7. The number of rotatable bonds is 5. The fourth-order valence-corrected chi connectivity index (χ4v) is 3.10. The van der Waals surface area contributed by atoms with E-state index in [2.05, 4.69) is 0 Å². The Balaban J connectivity index is 2.11. The van der Waals surface area contributed by atoms with Crippen molar-refractivity contribution in [3.05, 3.63) is 28.8 Å². The lowest BCUT2D eigenvalue weighted by molar-refractivity contribution is -0.137.